The van der Waals surface area contributed by atoms with Gasteiger partial charge in [-0.05, 0) is 89.5 Å². The van der Waals surface area contributed by atoms with Gasteiger partial charge in [0.15, 0.2) is 12.3 Å². The second-order valence-electron chi connectivity index (χ2n) is 17.7. The van der Waals surface area contributed by atoms with Gasteiger partial charge in [-0.2, -0.15) is 9.29 Å². The zero-order valence-corrected chi connectivity index (χ0v) is 46.7. The van der Waals surface area contributed by atoms with E-state index in [1.165, 1.54) is 12.1 Å². The molecule has 1 fully saturated rings. The minimum absolute atomic E-state index is 0.0354. The number of aromatic nitrogens is 2. The van der Waals surface area contributed by atoms with Crippen LogP contribution in [-0.2, 0) is 46.3 Å². The Balaban J connectivity index is 1.88. The third-order valence-electron chi connectivity index (χ3n) is 10.9. The quantitative estimate of drug-likeness (QED) is 0.0106. The van der Waals surface area contributed by atoms with E-state index in [-0.39, 0.29) is 25.1 Å². The van der Waals surface area contributed by atoms with Crippen molar-refractivity contribution in [3.8, 4) is 0 Å². The van der Waals surface area contributed by atoms with E-state index < -0.39 is 95.9 Å². The first-order chi connectivity index (χ1) is 37.5. The molecule has 0 amide bonds. The summed E-state index contributed by atoms with van der Waals surface area (Å²) >= 11 is 0. The predicted molar refractivity (Wildman–Crippen MR) is 300 cm³/mol. The number of hydrogen-bond donors (Lipinski definition) is 7. The molecule has 2 unspecified atom stereocenters. The van der Waals surface area contributed by atoms with Crippen LogP contribution in [0.2, 0.25) is 0 Å². The van der Waals surface area contributed by atoms with Gasteiger partial charge in [0.2, 0.25) is 0 Å². The second-order valence-corrected chi connectivity index (χ2v) is 20.7. The van der Waals surface area contributed by atoms with Crippen LogP contribution in [0, 0.1) is 0 Å². The molecule has 1 saturated heterocycles. The Morgan fingerprint density at radius 1 is 0.692 bits per heavy atom. The van der Waals surface area contributed by atoms with E-state index in [2.05, 4.69) is 77.0 Å². The van der Waals surface area contributed by atoms with Gasteiger partial charge in [-0.1, -0.05) is 154 Å². The number of nitrogen functional groups attached to an aromatic ring is 1. The lowest BCUT2D eigenvalue weighted by Gasteiger charge is -2.21. The largest absolute Gasteiger partial charge is 0.481 e. The number of nitrogens with two attached hydrogens (primary N) is 1. The Hall–Kier alpha value is -5.18. The highest BCUT2D eigenvalue weighted by atomic mass is 31.3. The summed E-state index contributed by atoms with van der Waals surface area (Å²) in [6.07, 6.45) is 44.5. The fraction of sp³-hybridized carbons (Fsp3) is 0.500. The van der Waals surface area contributed by atoms with Gasteiger partial charge in [0.1, 0.15) is 30.7 Å². The fourth-order valence-electron chi connectivity index (χ4n) is 6.84. The van der Waals surface area contributed by atoms with Crippen LogP contribution in [0.15, 0.2) is 151 Å². The molecular formula is C56H83N3O17P2. The van der Waals surface area contributed by atoms with Crippen molar-refractivity contribution in [1.29, 1.82) is 0 Å². The minimum Gasteiger partial charge on any atom is -0.462 e. The van der Waals surface area contributed by atoms with Crippen LogP contribution >= 0.6 is 15.6 Å². The molecule has 22 heteroatoms. The highest BCUT2D eigenvalue weighted by molar-refractivity contribution is 7.61. The molecular weight excluding hydrogens is 1050 g/mol. The summed E-state index contributed by atoms with van der Waals surface area (Å²) in [7, 11) is -11.0. The standard InChI is InChI=1S/C56H83N3O17P2/c1-3-5-7-8-9-10-11-12-13-14-15-16-17-18-19-20-24-27-33-39-51(62)71-43-48(74-52(63)40-34-28-32-38-47(61)37-31-26-23-21-22-25-30-36-46(60)35-29-6-4-2)44-72-77(67,68)76-78(69,70)73-45-49-53(64)54(65)55(75-49)59-42-41-50(57)58-56(59)66/h5-7,9-10,12-13,15-16,18-19,22-23,25-26,29-32,36-38,41-42,46-49,53-55,60-61,64-65H,3-4,8,11,14,17,20-21,24,27-28,33-35,39-40,43-45H2,1-2H3,(H,67,68)(H,69,70)(H2,57,58,66)/b7-5-,10-9-,13-12-,16-15-,19-18-,25-22-,26-23-,29-6-,36-30+,37-31+,38-32-/t46-,47-,48+,49+,53+,54+,55+/m0/s1. The van der Waals surface area contributed by atoms with Crippen molar-refractivity contribution in [3.05, 3.63) is 156 Å². The van der Waals surface area contributed by atoms with Crippen LogP contribution in [0.4, 0.5) is 5.82 Å². The molecule has 78 heavy (non-hydrogen) atoms. The molecule has 1 aromatic heterocycles. The third kappa shape index (κ3) is 34.0. The number of phosphoric ester groups is 2. The van der Waals surface area contributed by atoms with E-state index in [0.29, 0.717) is 25.7 Å². The molecule has 0 aromatic carbocycles. The molecule has 434 valence electrons. The van der Waals surface area contributed by atoms with Crippen molar-refractivity contribution < 1.29 is 76.5 Å². The van der Waals surface area contributed by atoms with Crippen molar-refractivity contribution >= 4 is 33.4 Å². The summed E-state index contributed by atoms with van der Waals surface area (Å²) in [5.41, 5.74) is 4.56. The molecule has 2 heterocycles. The lowest BCUT2D eigenvalue weighted by Crippen LogP contribution is -2.36. The number of carbonyl (C=O) groups excluding carboxylic acids is 2. The number of phosphoric acid groups is 2. The molecule has 0 spiro atoms. The van der Waals surface area contributed by atoms with Gasteiger partial charge in [0.25, 0.3) is 0 Å². The molecule has 0 radical (unpaired) electrons. The second kappa shape index (κ2) is 41.8. The van der Waals surface area contributed by atoms with Gasteiger partial charge in [-0.15, -0.1) is 0 Å². The maximum absolute atomic E-state index is 12.9. The molecule has 1 aliphatic heterocycles. The molecule has 2 rings (SSSR count). The fourth-order valence-corrected chi connectivity index (χ4v) is 8.95. The Kier molecular flexibility index (Phi) is 36.9. The summed E-state index contributed by atoms with van der Waals surface area (Å²) in [6.45, 7) is 1.62. The molecule has 9 atom stereocenters. The number of nitrogens with zero attached hydrogens (tertiary/aromatic N) is 2. The van der Waals surface area contributed by atoms with Crippen molar-refractivity contribution in [2.24, 2.45) is 0 Å². The number of carbonyl (C=O) groups is 2. The molecule has 1 aromatic rings. The summed E-state index contributed by atoms with van der Waals surface area (Å²) in [5.74, 6) is -1.55. The molecule has 0 saturated carbocycles. The topological polar surface area (TPSA) is 306 Å². The SMILES string of the molecule is CC/C=C\C/C=C\C/C=C\C/C=C\C/C=C\CCCCCC(=O)OC[C@H](COP(=O)(O)OP(=O)(O)OC[C@H]1O[C@@H](n2ccc(N)nc2=O)[C@H](O)[C@@H]1O)OC(=O)CCC/C=C\[C@@H](O)/C=C/C=C\C/C=C\C=C\[C@@H](O)C/C=C\CC. The number of esters is 2. The van der Waals surface area contributed by atoms with Crippen molar-refractivity contribution in [3.63, 3.8) is 0 Å². The maximum Gasteiger partial charge on any atom is 0.481 e. The van der Waals surface area contributed by atoms with Crippen LogP contribution in [0.25, 0.3) is 0 Å². The summed E-state index contributed by atoms with van der Waals surface area (Å²) in [5, 5.41) is 41.1. The van der Waals surface area contributed by atoms with E-state index in [9.17, 15) is 53.7 Å². The highest BCUT2D eigenvalue weighted by Gasteiger charge is 2.46. The Morgan fingerprint density at radius 2 is 1.27 bits per heavy atom. The first-order valence-corrected chi connectivity index (χ1v) is 29.4. The molecule has 0 bridgehead atoms. The summed E-state index contributed by atoms with van der Waals surface area (Å²) in [6, 6.07) is 1.23. The van der Waals surface area contributed by atoms with Crippen molar-refractivity contribution in [2.75, 3.05) is 25.6 Å². The van der Waals surface area contributed by atoms with E-state index in [1.54, 1.807) is 36.5 Å². The number of anilines is 1. The zero-order chi connectivity index (χ0) is 57.3. The number of hydrogen-bond acceptors (Lipinski definition) is 17. The lowest BCUT2D eigenvalue weighted by molar-refractivity contribution is -0.161. The number of unbranched alkanes of at least 4 members (excludes halogenated alkanes) is 4. The summed E-state index contributed by atoms with van der Waals surface area (Å²) in [4.78, 5) is 62.0. The van der Waals surface area contributed by atoms with Crippen LogP contribution in [-0.4, -0.2) is 108 Å². The van der Waals surface area contributed by atoms with Crippen LogP contribution in [0.5, 0.6) is 0 Å². The predicted octanol–water partition coefficient (Wildman–Crippen LogP) is 9.27. The third-order valence-corrected chi connectivity index (χ3v) is 13.5. The lowest BCUT2D eigenvalue weighted by atomic mass is 10.1. The average molecular weight is 1130 g/mol. The molecule has 20 nitrogen and oxygen atoms in total. The number of aliphatic hydroxyl groups excluding tert-OH is 4. The number of rotatable bonds is 41. The molecule has 1 aliphatic rings. The Bertz CT molecular complexity index is 2370. The van der Waals surface area contributed by atoms with Crippen molar-refractivity contribution in [2.45, 2.75) is 159 Å². The molecule has 8 N–H and O–H groups in total. The highest BCUT2D eigenvalue weighted by Crippen LogP contribution is 2.60. The molecule has 0 aliphatic carbocycles. The first kappa shape index (κ1) is 68.9. The van der Waals surface area contributed by atoms with Gasteiger partial charge >= 0.3 is 33.3 Å². The normalized spacial score (nSPS) is 20.4. The zero-order valence-electron chi connectivity index (χ0n) is 44.9. The van der Waals surface area contributed by atoms with Crippen LogP contribution in [0.3, 0.4) is 0 Å². The van der Waals surface area contributed by atoms with E-state index in [1.807, 2.05) is 37.3 Å². The number of allylic oxidation sites excluding steroid dienone is 18. The first-order valence-electron chi connectivity index (χ1n) is 26.4. The van der Waals surface area contributed by atoms with Gasteiger partial charge in [-0.3, -0.25) is 23.2 Å². The smallest absolute Gasteiger partial charge is 0.462 e. The van der Waals surface area contributed by atoms with Gasteiger partial charge < -0.3 is 50.2 Å². The monoisotopic (exact) mass is 1130 g/mol. The Morgan fingerprint density at radius 3 is 1.92 bits per heavy atom. The van der Waals surface area contributed by atoms with E-state index in [0.717, 1.165) is 68.6 Å². The van der Waals surface area contributed by atoms with Crippen LogP contribution in [0.1, 0.15) is 123 Å². The van der Waals surface area contributed by atoms with Gasteiger partial charge in [-0.25, -0.2) is 13.9 Å². The van der Waals surface area contributed by atoms with E-state index >= 15 is 0 Å². The van der Waals surface area contributed by atoms with E-state index in [4.69, 9.17) is 29.0 Å². The number of ether oxygens (including phenoxy) is 3. The average Bonchev–Trinajstić information content (AvgIpc) is 3.70. The number of aliphatic hydroxyl groups is 4. The Labute approximate surface area is 459 Å². The van der Waals surface area contributed by atoms with Crippen LogP contribution < -0.4 is 11.4 Å². The summed E-state index contributed by atoms with van der Waals surface area (Å²) < 4.78 is 56.6. The minimum atomic E-state index is -5.49. The maximum atomic E-state index is 12.9. The van der Waals surface area contributed by atoms with Crippen molar-refractivity contribution in [1.82, 2.24) is 9.55 Å². The van der Waals surface area contributed by atoms with Gasteiger partial charge in [0.05, 0.1) is 25.4 Å². The van der Waals surface area contributed by atoms with Gasteiger partial charge in [0, 0.05) is 19.0 Å².